The highest BCUT2D eigenvalue weighted by molar-refractivity contribution is 6.39. The summed E-state index contributed by atoms with van der Waals surface area (Å²) in [7, 11) is 0. The summed E-state index contributed by atoms with van der Waals surface area (Å²) in [6.07, 6.45) is 0.823. The van der Waals surface area contributed by atoms with E-state index in [9.17, 15) is 9.59 Å². The van der Waals surface area contributed by atoms with E-state index in [-0.39, 0.29) is 23.3 Å². The summed E-state index contributed by atoms with van der Waals surface area (Å²) in [5.74, 6) is -0.392. The van der Waals surface area contributed by atoms with Crippen molar-refractivity contribution in [1.29, 1.82) is 0 Å². The first-order chi connectivity index (χ1) is 12.3. The standard InChI is InChI=1S/C18H21Cl2N3O3/c1-4-7-21-18(25)11(3)23-15(24)9-26-17-14(20)8-13(19)12-6-5-10(2)22-16(12)17/h5-6,8,11H,4,7,9H2,1-3H3,(H,21,25)(H,23,24)/t11-/m0/s1. The first-order valence-corrected chi connectivity index (χ1v) is 9.04. The van der Waals surface area contributed by atoms with Crippen molar-refractivity contribution in [2.75, 3.05) is 13.2 Å². The van der Waals surface area contributed by atoms with Crippen molar-refractivity contribution >= 4 is 45.9 Å². The average Bonchev–Trinajstić information content (AvgIpc) is 2.58. The van der Waals surface area contributed by atoms with Gasteiger partial charge in [-0.05, 0) is 38.5 Å². The van der Waals surface area contributed by atoms with E-state index in [2.05, 4.69) is 15.6 Å². The van der Waals surface area contributed by atoms with Crippen molar-refractivity contribution in [2.24, 2.45) is 0 Å². The quantitative estimate of drug-likeness (QED) is 0.750. The number of aryl methyl sites for hydroxylation is 1. The Hall–Kier alpha value is -2.05. The zero-order valence-corrected chi connectivity index (χ0v) is 16.4. The van der Waals surface area contributed by atoms with Gasteiger partial charge in [0.2, 0.25) is 5.91 Å². The Kier molecular flexibility index (Phi) is 7.06. The van der Waals surface area contributed by atoms with Gasteiger partial charge in [-0.1, -0.05) is 30.1 Å². The lowest BCUT2D eigenvalue weighted by Crippen LogP contribution is -2.46. The molecule has 8 heteroatoms. The smallest absolute Gasteiger partial charge is 0.258 e. The molecular formula is C18H21Cl2N3O3. The molecule has 0 radical (unpaired) electrons. The van der Waals surface area contributed by atoms with Crippen molar-refractivity contribution in [1.82, 2.24) is 15.6 Å². The summed E-state index contributed by atoms with van der Waals surface area (Å²) in [5.41, 5.74) is 1.26. The van der Waals surface area contributed by atoms with Crippen LogP contribution in [0.1, 0.15) is 26.0 Å². The Morgan fingerprint density at radius 2 is 2.00 bits per heavy atom. The highest BCUT2D eigenvalue weighted by atomic mass is 35.5. The van der Waals surface area contributed by atoms with Crippen LogP contribution in [0.2, 0.25) is 10.0 Å². The summed E-state index contributed by atoms with van der Waals surface area (Å²) >= 11 is 12.4. The van der Waals surface area contributed by atoms with Crippen molar-refractivity contribution in [2.45, 2.75) is 33.2 Å². The minimum absolute atomic E-state index is 0.243. The van der Waals surface area contributed by atoms with Gasteiger partial charge >= 0.3 is 0 Å². The number of carbonyl (C=O) groups excluding carboxylic acids is 2. The van der Waals surface area contributed by atoms with E-state index in [4.69, 9.17) is 27.9 Å². The van der Waals surface area contributed by atoms with E-state index in [0.717, 1.165) is 12.1 Å². The normalized spacial score (nSPS) is 11.9. The lowest BCUT2D eigenvalue weighted by Gasteiger charge is -2.15. The van der Waals surface area contributed by atoms with Crippen LogP contribution < -0.4 is 15.4 Å². The van der Waals surface area contributed by atoms with Gasteiger partial charge < -0.3 is 15.4 Å². The summed E-state index contributed by atoms with van der Waals surface area (Å²) < 4.78 is 5.59. The largest absolute Gasteiger partial charge is 0.480 e. The van der Waals surface area contributed by atoms with Gasteiger partial charge in [0.25, 0.3) is 5.91 Å². The SMILES string of the molecule is CCCNC(=O)[C@H](C)NC(=O)COc1c(Cl)cc(Cl)c2ccc(C)nc12. The minimum Gasteiger partial charge on any atom is -0.480 e. The number of benzene rings is 1. The van der Waals surface area contributed by atoms with Gasteiger partial charge in [0.05, 0.1) is 10.0 Å². The number of ether oxygens (including phenoxy) is 1. The fourth-order valence-electron chi connectivity index (χ4n) is 2.32. The Morgan fingerprint density at radius 3 is 2.69 bits per heavy atom. The lowest BCUT2D eigenvalue weighted by atomic mass is 10.2. The fraction of sp³-hybridized carbons (Fsp3) is 0.389. The molecule has 1 aromatic heterocycles. The number of hydrogen-bond acceptors (Lipinski definition) is 4. The Morgan fingerprint density at radius 1 is 1.27 bits per heavy atom. The minimum atomic E-state index is -0.657. The van der Waals surface area contributed by atoms with Crippen LogP contribution in [0.25, 0.3) is 10.9 Å². The summed E-state index contributed by atoms with van der Waals surface area (Å²) in [5, 5.41) is 6.70. The predicted molar refractivity (Wildman–Crippen MR) is 103 cm³/mol. The van der Waals surface area contributed by atoms with E-state index in [1.54, 1.807) is 13.0 Å². The number of halogens is 2. The monoisotopic (exact) mass is 397 g/mol. The van der Waals surface area contributed by atoms with Crippen LogP contribution in [0.15, 0.2) is 18.2 Å². The average molecular weight is 398 g/mol. The molecule has 0 aliphatic rings. The molecule has 0 unspecified atom stereocenters. The maximum Gasteiger partial charge on any atom is 0.258 e. The molecule has 1 heterocycles. The third-order valence-electron chi connectivity index (χ3n) is 3.64. The van der Waals surface area contributed by atoms with Crippen molar-refractivity contribution in [3.05, 3.63) is 33.9 Å². The second-order valence-electron chi connectivity index (χ2n) is 5.89. The molecule has 2 rings (SSSR count). The molecule has 0 saturated heterocycles. The molecule has 1 atom stereocenters. The molecule has 1 aromatic carbocycles. The van der Waals surface area contributed by atoms with E-state index in [0.29, 0.717) is 22.5 Å². The van der Waals surface area contributed by atoms with Gasteiger partial charge in [-0.15, -0.1) is 0 Å². The zero-order valence-electron chi connectivity index (χ0n) is 14.9. The number of pyridine rings is 1. The molecule has 2 aromatic rings. The van der Waals surface area contributed by atoms with Gasteiger partial charge in [-0.3, -0.25) is 9.59 Å². The van der Waals surface area contributed by atoms with Crippen LogP contribution in [0.4, 0.5) is 0 Å². The van der Waals surface area contributed by atoms with Crippen LogP contribution in [0.5, 0.6) is 5.75 Å². The first-order valence-electron chi connectivity index (χ1n) is 8.28. The van der Waals surface area contributed by atoms with Crippen LogP contribution in [0, 0.1) is 6.92 Å². The van der Waals surface area contributed by atoms with Crippen molar-refractivity contribution < 1.29 is 14.3 Å². The molecule has 6 nitrogen and oxygen atoms in total. The van der Waals surface area contributed by atoms with Gasteiger partial charge in [-0.25, -0.2) is 4.98 Å². The molecule has 26 heavy (non-hydrogen) atoms. The number of carbonyl (C=O) groups is 2. The Labute approximate surface area is 162 Å². The maximum absolute atomic E-state index is 12.1. The van der Waals surface area contributed by atoms with Crippen molar-refractivity contribution in [3.63, 3.8) is 0 Å². The van der Waals surface area contributed by atoms with Gasteiger partial charge in [0, 0.05) is 17.6 Å². The predicted octanol–water partition coefficient (Wildman–Crippen LogP) is 3.26. The van der Waals surface area contributed by atoms with Crippen LogP contribution in [-0.4, -0.2) is 36.0 Å². The summed E-state index contributed by atoms with van der Waals surface area (Å²) in [6, 6.07) is 4.55. The molecule has 2 N–H and O–H groups in total. The van der Waals surface area contributed by atoms with Crippen molar-refractivity contribution in [3.8, 4) is 5.75 Å². The topological polar surface area (TPSA) is 80.3 Å². The molecular weight excluding hydrogens is 377 g/mol. The Bertz CT molecular complexity index is 827. The number of aromatic nitrogens is 1. The number of fused-ring (bicyclic) bond motifs is 1. The second kappa shape index (κ2) is 9.05. The molecule has 2 amide bonds. The van der Waals surface area contributed by atoms with E-state index >= 15 is 0 Å². The molecule has 0 fully saturated rings. The molecule has 0 saturated carbocycles. The van der Waals surface area contributed by atoms with Gasteiger partial charge in [-0.2, -0.15) is 0 Å². The summed E-state index contributed by atoms with van der Waals surface area (Å²) in [6.45, 7) is 5.66. The number of amides is 2. The van der Waals surface area contributed by atoms with Crippen LogP contribution in [0.3, 0.4) is 0 Å². The molecule has 0 bridgehead atoms. The molecule has 0 spiro atoms. The third-order valence-corrected chi connectivity index (χ3v) is 4.24. The van der Waals surface area contributed by atoms with E-state index in [1.165, 1.54) is 0 Å². The fourth-order valence-corrected chi connectivity index (χ4v) is 2.89. The van der Waals surface area contributed by atoms with Crippen LogP contribution >= 0.6 is 23.2 Å². The number of rotatable bonds is 7. The molecule has 140 valence electrons. The maximum atomic E-state index is 12.1. The number of nitrogens with zero attached hydrogens (tertiary/aromatic N) is 1. The van der Waals surface area contributed by atoms with E-state index < -0.39 is 11.9 Å². The molecule has 0 aliphatic heterocycles. The second-order valence-corrected chi connectivity index (χ2v) is 6.70. The first kappa shape index (κ1) is 20.3. The number of nitrogens with one attached hydrogen (secondary N) is 2. The lowest BCUT2D eigenvalue weighted by molar-refractivity contribution is -0.129. The van der Waals surface area contributed by atoms with Crippen LogP contribution in [-0.2, 0) is 9.59 Å². The third kappa shape index (κ3) is 4.99. The highest BCUT2D eigenvalue weighted by Gasteiger charge is 2.18. The Balaban J connectivity index is 2.08. The zero-order chi connectivity index (χ0) is 19.3. The van der Waals surface area contributed by atoms with Gasteiger partial charge in [0.15, 0.2) is 12.4 Å². The van der Waals surface area contributed by atoms with E-state index in [1.807, 2.05) is 26.0 Å². The highest BCUT2D eigenvalue weighted by Crippen LogP contribution is 2.37. The van der Waals surface area contributed by atoms with Gasteiger partial charge in [0.1, 0.15) is 11.6 Å². The molecule has 0 aliphatic carbocycles. The summed E-state index contributed by atoms with van der Waals surface area (Å²) in [4.78, 5) is 28.3. The number of hydrogen-bond donors (Lipinski definition) is 2.